The van der Waals surface area contributed by atoms with E-state index in [1.807, 2.05) is 25.1 Å². The second-order valence-electron chi connectivity index (χ2n) is 5.04. The van der Waals surface area contributed by atoms with Crippen LogP contribution < -0.4 is 9.64 Å². The number of carbonyl (C=O) groups is 2. The van der Waals surface area contributed by atoms with E-state index in [0.29, 0.717) is 17.7 Å². The average Bonchev–Trinajstić information content (AvgIpc) is 2.38. The van der Waals surface area contributed by atoms with Crippen molar-refractivity contribution in [1.82, 2.24) is 0 Å². The number of hydrogen-bond donors (Lipinski definition) is 0. The zero-order valence-corrected chi connectivity index (χ0v) is 12.7. The Bertz CT molecular complexity index is 481. The molecule has 1 aromatic rings. The van der Waals surface area contributed by atoms with Crippen LogP contribution in [0.2, 0.25) is 0 Å². The summed E-state index contributed by atoms with van der Waals surface area (Å²) in [5.74, 6) is -0.0215. The van der Waals surface area contributed by atoms with Crippen molar-refractivity contribution in [3.63, 3.8) is 0 Å². The number of ether oxygens (including phenoxy) is 1. The molecule has 0 heterocycles. The van der Waals surface area contributed by atoms with E-state index < -0.39 is 0 Å². The van der Waals surface area contributed by atoms with Crippen molar-refractivity contribution in [3.8, 4) is 5.75 Å². The minimum atomic E-state index is -0.282. The van der Waals surface area contributed by atoms with Gasteiger partial charge in [0.15, 0.2) is 11.5 Å². The number of carbonyl (C=O) groups excluding carboxylic acids is 2. The van der Waals surface area contributed by atoms with Gasteiger partial charge in [0, 0.05) is 20.5 Å². The van der Waals surface area contributed by atoms with Crippen LogP contribution in [-0.2, 0) is 4.79 Å². The molecule has 0 aliphatic rings. The SMILES string of the molecule is CCCCCC(=O)Oc1c(C(C)=O)cccc1N(C)C. The Hall–Kier alpha value is -1.84. The average molecular weight is 277 g/mol. The van der Waals surface area contributed by atoms with Gasteiger partial charge >= 0.3 is 5.97 Å². The molecule has 0 bridgehead atoms. The van der Waals surface area contributed by atoms with Crippen molar-refractivity contribution in [2.24, 2.45) is 0 Å². The second kappa shape index (κ2) is 7.68. The number of hydrogen-bond acceptors (Lipinski definition) is 4. The fourth-order valence-corrected chi connectivity index (χ4v) is 1.95. The van der Waals surface area contributed by atoms with Crippen LogP contribution >= 0.6 is 0 Å². The maximum Gasteiger partial charge on any atom is 0.311 e. The third-order valence-electron chi connectivity index (χ3n) is 3.06. The van der Waals surface area contributed by atoms with Crippen LogP contribution in [0.15, 0.2) is 18.2 Å². The van der Waals surface area contributed by atoms with Crippen molar-refractivity contribution in [3.05, 3.63) is 23.8 Å². The Morgan fingerprint density at radius 3 is 2.45 bits per heavy atom. The molecule has 4 heteroatoms. The van der Waals surface area contributed by atoms with E-state index >= 15 is 0 Å². The Morgan fingerprint density at radius 2 is 1.90 bits per heavy atom. The summed E-state index contributed by atoms with van der Waals surface area (Å²) in [4.78, 5) is 25.4. The highest BCUT2D eigenvalue weighted by molar-refractivity contribution is 5.99. The van der Waals surface area contributed by atoms with Gasteiger partial charge in [-0.3, -0.25) is 9.59 Å². The van der Waals surface area contributed by atoms with E-state index in [2.05, 4.69) is 6.92 Å². The molecule has 0 amide bonds. The summed E-state index contributed by atoms with van der Waals surface area (Å²) >= 11 is 0. The highest BCUT2D eigenvalue weighted by atomic mass is 16.5. The first-order valence-electron chi connectivity index (χ1n) is 6.99. The van der Waals surface area contributed by atoms with Crippen LogP contribution in [0.3, 0.4) is 0 Å². The number of rotatable bonds is 7. The molecule has 0 spiro atoms. The molecular formula is C16H23NO3. The molecule has 0 aromatic heterocycles. The Labute approximate surface area is 120 Å². The molecule has 110 valence electrons. The summed E-state index contributed by atoms with van der Waals surface area (Å²) in [6.45, 7) is 3.56. The van der Waals surface area contributed by atoms with Gasteiger partial charge in [0.1, 0.15) is 0 Å². The first-order valence-corrected chi connectivity index (χ1v) is 6.99. The van der Waals surface area contributed by atoms with Crippen LogP contribution in [0.25, 0.3) is 0 Å². The molecule has 0 saturated heterocycles. The van der Waals surface area contributed by atoms with Gasteiger partial charge in [-0.05, 0) is 25.5 Å². The third-order valence-corrected chi connectivity index (χ3v) is 3.06. The maximum absolute atomic E-state index is 11.9. The minimum Gasteiger partial charge on any atom is -0.424 e. The van der Waals surface area contributed by atoms with E-state index in [0.717, 1.165) is 24.9 Å². The van der Waals surface area contributed by atoms with Gasteiger partial charge in [0.25, 0.3) is 0 Å². The van der Waals surface area contributed by atoms with Gasteiger partial charge in [-0.15, -0.1) is 0 Å². The van der Waals surface area contributed by atoms with Gasteiger partial charge in [0.05, 0.1) is 11.3 Å². The molecule has 0 N–H and O–H groups in total. The van der Waals surface area contributed by atoms with Crippen molar-refractivity contribution < 1.29 is 14.3 Å². The lowest BCUT2D eigenvalue weighted by molar-refractivity contribution is -0.134. The smallest absolute Gasteiger partial charge is 0.311 e. The van der Waals surface area contributed by atoms with Gasteiger partial charge in [-0.25, -0.2) is 0 Å². The van der Waals surface area contributed by atoms with Gasteiger partial charge < -0.3 is 9.64 Å². The molecule has 4 nitrogen and oxygen atoms in total. The van der Waals surface area contributed by atoms with E-state index in [-0.39, 0.29) is 11.8 Å². The van der Waals surface area contributed by atoms with Crippen LogP contribution in [0, 0.1) is 0 Å². The van der Waals surface area contributed by atoms with Gasteiger partial charge in [-0.2, -0.15) is 0 Å². The molecular weight excluding hydrogens is 254 g/mol. The zero-order chi connectivity index (χ0) is 15.1. The third kappa shape index (κ3) is 4.37. The number of anilines is 1. The molecule has 0 aliphatic carbocycles. The van der Waals surface area contributed by atoms with E-state index in [4.69, 9.17) is 4.74 Å². The van der Waals surface area contributed by atoms with Crippen LogP contribution in [0.5, 0.6) is 5.75 Å². The lowest BCUT2D eigenvalue weighted by atomic mass is 10.1. The summed E-state index contributed by atoms with van der Waals surface area (Å²) < 4.78 is 5.44. The van der Waals surface area contributed by atoms with Crippen molar-refractivity contribution in [1.29, 1.82) is 0 Å². The van der Waals surface area contributed by atoms with E-state index in [1.54, 1.807) is 12.1 Å². The zero-order valence-electron chi connectivity index (χ0n) is 12.7. The summed E-state index contributed by atoms with van der Waals surface area (Å²) in [7, 11) is 3.71. The molecule has 20 heavy (non-hydrogen) atoms. The highest BCUT2D eigenvalue weighted by Gasteiger charge is 2.17. The molecule has 0 fully saturated rings. The van der Waals surface area contributed by atoms with Crippen LogP contribution in [0.4, 0.5) is 5.69 Å². The normalized spacial score (nSPS) is 10.2. The van der Waals surface area contributed by atoms with Gasteiger partial charge in [0.2, 0.25) is 0 Å². The maximum atomic E-state index is 11.9. The minimum absolute atomic E-state index is 0.106. The topological polar surface area (TPSA) is 46.6 Å². The second-order valence-corrected chi connectivity index (χ2v) is 5.04. The van der Waals surface area contributed by atoms with Gasteiger partial charge in [-0.1, -0.05) is 25.8 Å². The molecule has 0 saturated carbocycles. The molecule has 0 aliphatic heterocycles. The predicted molar refractivity (Wildman–Crippen MR) is 80.6 cm³/mol. The number of para-hydroxylation sites is 1. The summed E-state index contributed by atoms with van der Waals surface area (Å²) in [6.07, 6.45) is 3.26. The fraction of sp³-hybridized carbons (Fsp3) is 0.500. The van der Waals surface area contributed by atoms with Crippen molar-refractivity contribution >= 4 is 17.4 Å². The Morgan fingerprint density at radius 1 is 1.20 bits per heavy atom. The molecule has 0 radical (unpaired) electrons. The largest absolute Gasteiger partial charge is 0.424 e. The van der Waals surface area contributed by atoms with Crippen LogP contribution in [0.1, 0.15) is 49.9 Å². The number of esters is 1. The molecule has 0 atom stereocenters. The summed E-state index contributed by atoms with van der Waals surface area (Å²) in [6, 6.07) is 5.31. The first kappa shape index (κ1) is 16.2. The fourth-order valence-electron chi connectivity index (χ4n) is 1.95. The number of ketones is 1. The lowest BCUT2D eigenvalue weighted by Crippen LogP contribution is -2.16. The number of nitrogens with zero attached hydrogens (tertiary/aromatic N) is 1. The summed E-state index contributed by atoms with van der Waals surface area (Å²) in [5, 5.41) is 0. The molecule has 1 aromatic carbocycles. The monoisotopic (exact) mass is 277 g/mol. The quantitative estimate of drug-likeness (QED) is 0.331. The first-order chi connectivity index (χ1) is 9.47. The predicted octanol–water partition coefficient (Wildman–Crippen LogP) is 3.44. The lowest BCUT2D eigenvalue weighted by Gasteiger charge is -2.19. The number of benzene rings is 1. The molecule has 0 unspecified atom stereocenters. The van der Waals surface area contributed by atoms with E-state index in [9.17, 15) is 9.59 Å². The van der Waals surface area contributed by atoms with Crippen molar-refractivity contribution in [2.45, 2.75) is 39.5 Å². The van der Waals surface area contributed by atoms with Crippen LogP contribution in [-0.4, -0.2) is 25.8 Å². The highest BCUT2D eigenvalue weighted by Crippen LogP contribution is 2.31. The Kier molecular flexibility index (Phi) is 6.22. The van der Waals surface area contributed by atoms with Crippen molar-refractivity contribution in [2.75, 3.05) is 19.0 Å². The number of unbranched alkanes of at least 4 members (excludes halogenated alkanes) is 2. The standard InChI is InChI=1S/C16H23NO3/c1-5-6-7-11-15(19)20-16-13(12(2)18)9-8-10-14(16)17(3)4/h8-10H,5-7,11H2,1-4H3. The number of Topliss-reactive ketones (excluding diaryl/α,β-unsaturated/α-hetero) is 1. The van der Waals surface area contributed by atoms with E-state index in [1.165, 1.54) is 6.92 Å². The Balaban J connectivity index is 2.96. The summed E-state index contributed by atoms with van der Waals surface area (Å²) in [5.41, 5.74) is 1.18. The molecule has 1 rings (SSSR count).